The van der Waals surface area contributed by atoms with Crippen molar-refractivity contribution in [3.8, 4) is 5.75 Å². The minimum absolute atomic E-state index is 0.106. The number of amides is 4. The molecule has 4 heterocycles. The Bertz CT molecular complexity index is 1100. The molecule has 4 amide bonds. The Hall–Kier alpha value is -3.14. The Morgan fingerprint density at radius 1 is 0.974 bits per heavy atom. The highest BCUT2D eigenvalue weighted by atomic mass is 16.6. The fourth-order valence-corrected chi connectivity index (χ4v) is 5.92. The van der Waals surface area contributed by atoms with Gasteiger partial charge in [-0.1, -0.05) is 0 Å². The van der Waals surface area contributed by atoms with Crippen molar-refractivity contribution in [3.05, 3.63) is 29.3 Å². The summed E-state index contributed by atoms with van der Waals surface area (Å²) < 4.78 is 11.8. The molecular weight excluding hydrogens is 488 g/mol. The maximum Gasteiger partial charge on any atom is 0.410 e. The summed E-state index contributed by atoms with van der Waals surface area (Å²) in [4.78, 5) is 54.9. The Morgan fingerprint density at radius 2 is 1.68 bits per heavy atom. The van der Waals surface area contributed by atoms with E-state index in [4.69, 9.17) is 9.47 Å². The molecule has 1 aromatic rings. The van der Waals surface area contributed by atoms with Crippen LogP contribution in [0.5, 0.6) is 5.75 Å². The quantitative estimate of drug-likeness (QED) is 0.601. The van der Waals surface area contributed by atoms with E-state index >= 15 is 0 Å². The molecule has 0 saturated carbocycles. The Kier molecular flexibility index (Phi) is 7.35. The highest BCUT2D eigenvalue weighted by molar-refractivity contribution is 6.05. The second-order valence-corrected chi connectivity index (χ2v) is 11.8. The van der Waals surface area contributed by atoms with Crippen molar-refractivity contribution in [2.75, 3.05) is 26.2 Å². The SMILES string of the molecule is CC(C)(C)OC(=O)N1CCC(N2CCC(Oc3ccc4c(c3)CN(C3CCC(=O)NC3=O)C4=O)CC2)CC1. The highest BCUT2D eigenvalue weighted by Crippen LogP contribution is 2.31. The zero-order valence-electron chi connectivity index (χ0n) is 22.5. The molecule has 1 N–H and O–H groups in total. The monoisotopic (exact) mass is 526 g/mol. The van der Waals surface area contributed by atoms with Crippen molar-refractivity contribution in [1.29, 1.82) is 0 Å². The highest BCUT2D eigenvalue weighted by Gasteiger charge is 2.39. The third-order valence-corrected chi connectivity index (χ3v) is 7.91. The molecule has 3 saturated heterocycles. The van der Waals surface area contributed by atoms with Crippen LogP contribution in [0.15, 0.2) is 18.2 Å². The van der Waals surface area contributed by atoms with E-state index in [0.717, 1.165) is 63.2 Å². The van der Waals surface area contributed by atoms with Crippen molar-refractivity contribution in [2.45, 2.75) is 89.6 Å². The first-order chi connectivity index (χ1) is 18.1. The largest absolute Gasteiger partial charge is 0.490 e. The third-order valence-electron chi connectivity index (χ3n) is 7.91. The molecule has 38 heavy (non-hydrogen) atoms. The summed E-state index contributed by atoms with van der Waals surface area (Å²) in [7, 11) is 0. The van der Waals surface area contributed by atoms with E-state index in [1.807, 2.05) is 37.8 Å². The van der Waals surface area contributed by atoms with Gasteiger partial charge in [-0.25, -0.2) is 4.79 Å². The van der Waals surface area contributed by atoms with Gasteiger partial charge in [-0.15, -0.1) is 0 Å². The number of carbonyl (C=O) groups is 4. The number of carbonyl (C=O) groups excluding carboxylic acids is 4. The first kappa shape index (κ1) is 26.5. The summed E-state index contributed by atoms with van der Waals surface area (Å²) in [5, 5.41) is 2.34. The molecule has 1 unspecified atom stereocenters. The first-order valence-electron chi connectivity index (χ1n) is 13.7. The van der Waals surface area contributed by atoms with Gasteiger partial charge in [-0.2, -0.15) is 0 Å². The molecule has 1 aromatic carbocycles. The summed E-state index contributed by atoms with van der Waals surface area (Å²) in [6.07, 6.45) is 4.23. The molecule has 3 fully saturated rings. The number of ether oxygens (including phenoxy) is 2. The lowest BCUT2D eigenvalue weighted by Gasteiger charge is -2.41. The van der Waals surface area contributed by atoms with Crippen LogP contribution in [0.3, 0.4) is 0 Å². The summed E-state index contributed by atoms with van der Waals surface area (Å²) in [6, 6.07) is 5.39. The van der Waals surface area contributed by atoms with E-state index in [9.17, 15) is 19.2 Å². The van der Waals surface area contributed by atoms with Gasteiger partial charge in [-0.3, -0.25) is 24.6 Å². The molecule has 0 bridgehead atoms. The van der Waals surface area contributed by atoms with Gasteiger partial charge in [0.05, 0.1) is 0 Å². The first-order valence-corrected chi connectivity index (χ1v) is 13.7. The van der Waals surface area contributed by atoms with E-state index in [1.165, 1.54) is 0 Å². The van der Waals surface area contributed by atoms with Crippen molar-refractivity contribution in [1.82, 2.24) is 20.0 Å². The van der Waals surface area contributed by atoms with Gasteiger partial charge in [0.25, 0.3) is 5.91 Å². The third kappa shape index (κ3) is 5.80. The molecule has 0 spiro atoms. The van der Waals surface area contributed by atoms with E-state index in [2.05, 4.69) is 10.2 Å². The molecule has 1 atom stereocenters. The predicted octanol–water partition coefficient (Wildman–Crippen LogP) is 2.69. The lowest BCUT2D eigenvalue weighted by Crippen LogP contribution is -2.52. The average Bonchev–Trinajstić information content (AvgIpc) is 3.19. The van der Waals surface area contributed by atoms with E-state index in [-0.39, 0.29) is 30.4 Å². The smallest absolute Gasteiger partial charge is 0.410 e. The number of likely N-dealkylation sites (tertiary alicyclic amines) is 2. The molecule has 0 aromatic heterocycles. The molecule has 5 rings (SSSR count). The van der Waals surface area contributed by atoms with Crippen LogP contribution in [-0.4, -0.2) is 88.5 Å². The lowest BCUT2D eigenvalue weighted by atomic mass is 9.99. The van der Waals surface area contributed by atoms with Gasteiger partial charge in [-0.05, 0) is 76.6 Å². The number of hydrogen-bond donors (Lipinski definition) is 1. The second kappa shape index (κ2) is 10.6. The number of rotatable bonds is 4. The van der Waals surface area contributed by atoms with Crippen molar-refractivity contribution in [3.63, 3.8) is 0 Å². The number of nitrogens with one attached hydrogen (secondary N) is 1. The lowest BCUT2D eigenvalue weighted by molar-refractivity contribution is -0.136. The molecule has 4 aliphatic heterocycles. The van der Waals surface area contributed by atoms with Crippen LogP contribution in [0.2, 0.25) is 0 Å². The van der Waals surface area contributed by atoms with Crippen LogP contribution in [0.25, 0.3) is 0 Å². The standard InChI is InChI=1S/C28H38N4O6/c1-28(2,3)38-27(36)31-12-8-19(9-13-31)30-14-10-20(11-15-30)37-21-4-5-22-18(16-21)17-32(26(22)35)23-6-7-24(33)29-25(23)34/h4-5,16,19-20,23H,6-15,17H2,1-3H3,(H,29,33,34). The van der Waals surface area contributed by atoms with Crippen molar-refractivity contribution < 1.29 is 28.7 Å². The maximum absolute atomic E-state index is 12.9. The molecule has 206 valence electrons. The minimum atomic E-state index is -0.614. The van der Waals surface area contributed by atoms with E-state index in [1.54, 1.807) is 11.0 Å². The molecule has 10 nitrogen and oxygen atoms in total. The van der Waals surface area contributed by atoms with Gasteiger partial charge in [0, 0.05) is 50.7 Å². The van der Waals surface area contributed by atoms with Crippen molar-refractivity contribution in [2.24, 2.45) is 0 Å². The molecule has 0 radical (unpaired) electrons. The number of nitrogens with zero attached hydrogens (tertiary/aromatic N) is 3. The number of hydrogen-bond acceptors (Lipinski definition) is 7. The predicted molar refractivity (Wildman–Crippen MR) is 139 cm³/mol. The Morgan fingerprint density at radius 3 is 2.34 bits per heavy atom. The fraction of sp³-hybridized carbons (Fsp3) is 0.643. The van der Waals surface area contributed by atoms with Crippen LogP contribution in [0, 0.1) is 0 Å². The van der Waals surface area contributed by atoms with E-state index in [0.29, 0.717) is 24.6 Å². The second-order valence-electron chi connectivity index (χ2n) is 11.8. The van der Waals surface area contributed by atoms with Crippen LogP contribution in [0.1, 0.15) is 75.2 Å². The summed E-state index contributed by atoms with van der Waals surface area (Å²) in [6.45, 7) is 9.37. The maximum atomic E-state index is 12.9. The number of benzene rings is 1. The molecule has 10 heteroatoms. The number of fused-ring (bicyclic) bond motifs is 1. The van der Waals surface area contributed by atoms with Crippen molar-refractivity contribution >= 4 is 23.8 Å². The van der Waals surface area contributed by atoms with Crippen LogP contribution >= 0.6 is 0 Å². The summed E-state index contributed by atoms with van der Waals surface area (Å²) in [5.41, 5.74) is 0.970. The van der Waals surface area contributed by atoms with Gasteiger partial charge in [0.15, 0.2) is 0 Å². The molecule has 0 aliphatic carbocycles. The number of imide groups is 1. The topological polar surface area (TPSA) is 108 Å². The molecular formula is C28H38N4O6. The summed E-state index contributed by atoms with van der Waals surface area (Å²) in [5.74, 6) is -0.123. The summed E-state index contributed by atoms with van der Waals surface area (Å²) >= 11 is 0. The van der Waals surface area contributed by atoms with Crippen LogP contribution in [-0.2, 0) is 20.9 Å². The zero-order valence-corrected chi connectivity index (χ0v) is 22.5. The Labute approximate surface area is 223 Å². The molecule has 4 aliphatic rings. The average molecular weight is 527 g/mol. The minimum Gasteiger partial charge on any atom is -0.490 e. The zero-order chi connectivity index (χ0) is 27.0. The number of piperidine rings is 3. The van der Waals surface area contributed by atoms with Gasteiger partial charge < -0.3 is 19.3 Å². The van der Waals surface area contributed by atoms with Crippen LogP contribution < -0.4 is 10.1 Å². The van der Waals surface area contributed by atoms with Gasteiger partial charge in [0.1, 0.15) is 23.5 Å². The van der Waals surface area contributed by atoms with Crippen LogP contribution in [0.4, 0.5) is 4.79 Å². The van der Waals surface area contributed by atoms with Gasteiger partial charge >= 0.3 is 6.09 Å². The fourth-order valence-electron chi connectivity index (χ4n) is 5.92. The van der Waals surface area contributed by atoms with E-state index < -0.39 is 17.6 Å². The van der Waals surface area contributed by atoms with Gasteiger partial charge in [0.2, 0.25) is 11.8 Å². The normalized spacial score (nSPS) is 23.9. The Balaban J connectivity index is 1.10.